The lowest BCUT2D eigenvalue weighted by Crippen LogP contribution is -2.42. The van der Waals surface area contributed by atoms with E-state index in [1.165, 1.54) is 0 Å². The zero-order chi connectivity index (χ0) is 16.7. The maximum Gasteiger partial charge on any atom is 0.326 e. The Labute approximate surface area is 135 Å². The number of carboxylic acids is 1. The summed E-state index contributed by atoms with van der Waals surface area (Å²) in [6, 6.07) is 12.7. The molecule has 0 spiro atoms. The maximum absolute atomic E-state index is 11.9. The average molecular weight is 311 g/mol. The first kappa shape index (κ1) is 16.7. The third-order valence-corrected chi connectivity index (χ3v) is 3.64. The predicted molar refractivity (Wildman–Crippen MR) is 91.3 cm³/mol. The Balaban J connectivity index is 2.14. The summed E-state index contributed by atoms with van der Waals surface area (Å²) in [5.74, 6) is -1.30. The van der Waals surface area contributed by atoms with E-state index in [1.807, 2.05) is 55.5 Å². The Hall–Kier alpha value is -2.62. The highest BCUT2D eigenvalue weighted by Crippen LogP contribution is 2.19. The summed E-state index contributed by atoms with van der Waals surface area (Å²) in [6.07, 6.45) is 4.96. The van der Waals surface area contributed by atoms with Crippen molar-refractivity contribution in [3.8, 4) is 0 Å². The first-order valence-electron chi connectivity index (χ1n) is 7.75. The Morgan fingerprint density at radius 2 is 1.87 bits per heavy atom. The van der Waals surface area contributed by atoms with Gasteiger partial charge in [-0.05, 0) is 22.8 Å². The fraction of sp³-hybridized carbons (Fsp3) is 0.263. The molecule has 1 amide bonds. The van der Waals surface area contributed by atoms with Crippen molar-refractivity contribution in [3.05, 3.63) is 60.2 Å². The van der Waals surface area contributed by atoms with Crippen LogP contribution in [-0.4, -0.2) is 23.0 Å². The lowest BCUT2D eigenvalue weighted by atomic mass is 9.98. The van der Waals surface area contributed by atoms with Crippen LogP contribution in [0.4, 0.5) is 0 Å². The van der Waals surface area contributed by atoms with Crippen molar-refractivity contribution in [2.45, 2.75) is 32.2 Å². The van der Waals surface area contributed by atoms with E-state index in [9.17, 15) is 14.7 Å². The summed E-state index contributed by atoms with van der Waals surface area (Å²) in [7, 11) is 0. The highest BCUT2D eigenvalue weighted by molar-refractivity contribution is 5.88. The number of amides is 1. The third kappa shape index (κ3) is 4.68. The van der Waals surface area contributed by atoms with Crippen molar-refractivity contribution in [1.82, 2.24) is 5.32 Å². The molecule has 0 radical (unpaired) electrons. The van der Waals surface area contributed by atoms with Gasteiger partial charge in [-0.2, -0.15) is 0 Å². The number of hydrogen-bond acceptors (Lipinski definition) is 2. The molecule has 0 aliphatic carbocycles. The molecule has 0 aliphatic heterocycles. The Morgan fingerprint density at radius 1 is 1.13 bits per heavy atom. The summed E-state index contributed by atoms with van der Waals surface area (Å²) in [4.78, 5) is 23.3. The number of hydrogen-bond donors (Lipinski definition) is 2. The van der Waals surface area contributed by atoms with Gasteiger partial charge in [-0.25, -0.2) is 4.79 Å². The van der Waals surface area contributed by atoms with Gasteiger partial charge in [-0.1, -0.05) is 61.5 Å². The van der Waals surface area contributed by atoms with E-state index in [0.717, 1.165) is 22.8 Å². The zero-order valence-electron chi connectivity index (χ0n) is 13.2. The van der Waals surface area contributed by atoms with Crippen molar-refractivity contribution < 1.29 is 14.7 Å². The van der Waals surface area contributed by atoms with Gasteiger partial charge in [0.1, 0.15) is 6.04 Å². The summed E-state index contributed by atoms with van der Waals surface area (Å²) < 4.78 is 0. The topological polar surface area (TPSA) is 66.4 Å². The Bertz CT molecular complexity index is 716. The molecule has 2 N–H and O–H groups in total. The van der Waals surface area contributed by atoms with E-state index in [0.29, 0.717) is 0 Å². The second-order valence-corrected chi connectivity index (χ2v) is 5.38. The van der Waals surface area contributed by atoms with Crippen LogP contribution in [0.3, 0.4) is 0 Å². The van der Waals surface area contributed by atoms with E-state index in [1.54, 1.807) is 6.08 Å². The molecule has 23 heavy (non-hydrogen) atoms. The lowest BCUT2D eigenvalue weighted by Gasteiger charge is -2.15. The van der Waals surface area contributed by atoms with Gasteiger partial charge >= 0.3 is 5.97 Å². The van der Waals surface area contributed by atoms with Crippen molar-refractivity contribution >= 4 is 22.6 Å². The molecule has 0 saturated carbocycles. The Kier molecular flexibility index (Phi) is 5.92. The minimum Gasteiger partial charge on any atom is -0.480 e. The van der Waals surface area contributed by atoms with Crippen molar-refractivity contribution in [2.75, 3.05) is 0 Å². The number of rotatable bonds is 7. The quantitative estimate of drug-likeness (QED) is 0.771. The van der Waals surface area contributed by atoms with Crippen LogP contribution in [0.1, 0.15) is 25.3 Å². The van der Waals surface area contributed by atoms with E-state index in [2.05, 4.69) is 5.32 Å². The van der Waals surface area contributed by atoms with Crippen LogP contribution in [0.2, 0.25) is 0 Å². The van der Waals surface area contributed by atoms with Crippen molar-refractivity contribution in [2.24, 2.45) is 0 Å². The molecule has 4 nitrogen and oxygen atoms in total. The number of nitrogens with one attached hydrogen (secondary N) is 1. The van der Waals surface area contributed by atoms with Gasteiger partial charge in [0.05, 0.1) is 0 Å². The third-order valence-electron chi connectivity index (χ3n) is 3.64. The van der Waals surface area contributed by atoms with Gasteiger partial charge in [0, 0.05) is 12.8 Å². The Morgan fingerprint density at radius 3 is 2.61 bits per heavy atom. The summed E-state index contributed by atoms with van der Waals surface area (Å²) in [6.45, 7) is 1.98. The molecule has 0 aromatic heterocycles. The number of fused-ring (bicyclic) bond motifs is 1. The van der Waals surface area contributed by atoms with Gasteiger partial charge < -0.3 is 10.4 Å². The van der Waals surface area contributed by atoms with Crippen molar-refractivity contribution in [3.63, 3.8) is 0 Å². The normalized spacial score (nSPS) is 12.4. The molecule has 2 aromatic carbocycles. The summed E-state index contributed by atoms with van der Waals surface area (Å²) in [5, 5.41) is 14.1. The van der Waals surface area contributed by atoms with E-state index >= 15 is 0 Å². The molecule has 0 bridgehead atoms. The molecule has 2 rings (SSSR count). The molecule has 1 atom stereocenters. The monoisotopic (exact) mass is 311 g/mol. The predicted octanol–water partition coefficient (Wildman–Crippen LogP) is 3.31. The molecule has 0 heterocycles. The highest BCUT2D eigenvalue weighted by atomic mass is 16.4. The SMILES string of the molecule is CCC=CCC(=O)N[C@@H](Cc1cccc2ccccc12)C(=O)O. The molecule has 0 fully saturated rings. The molecule has 4 heteroatoms. The first-order valence-corrected chi connectivity index (χ1v) is 7.75. The molecule has 2 aromatic rings. The van der Waals surface area contributed by atoms with Crippen LogP contribution >= 0.6 is 0 Å². The number of allylic oxidation sites excluding steroid dienone is 1. The van der Waals surface area contributed by atoms with Gasteiger partial charge in [0.25, 0.3) is 0 Å². The molecular weight excluding hydrogens is 290 g/mol. The standard InChI is InChI=1S/C19H21NO3/c1-2-3-4-12-18(21)20-17(19(22)23)13-15-10-7-9-14-8-5-6-11-16(14)15/h3-11,17H,2,12-13H2,1H3,(H,20,21)(H,22,23)/t17-/m0/s1. The fourth-order valence-electron chi connectivity index (χ4n) is 2.50. The minimum atomic E-state index is -1.02. The molecule has 120 valence electrons. The molecule has 0 aliphatic rings. The van der Waals surface area contributed by atoms with Gasteiger partial charge in [-0.15, -0.1) is 0 Å². The number of carboxylic acid groups (broad SMARTS) is 1. The first-order chi connectivity index (χ1) is 11.1. The highest BCUT2D eigenvalue weighted by Gasteiger charge is 2.20. The largest absolute Gasteiger partial charge is 0.480 e. The van der Waals surface area contributed by atoms with E-state index in [-0.39, 0.29) is 18.7 Å². The molecular formula is C19H21NO3. The summed E-state index contributed by atoms with van der Waals surface area (Å²) >= 11 is 0. The number of carbonyl (C=O) groups excluding carboxylic acids is 1. The van der Waals surface area contributed by atoms with Crippen LogP contribution in [-0.2, 0) is 16.0 Å². The van der Waals surface area contributed by atoms with E-state index < -0.39 is 12.0 Å². The number of carbonyl (C=O) groups is 2. The average Bonchev–Trinajstić information content (AvgIpc) is 2.54. The zero-order valence-corrected chi connectivity index (χ0v) is 13.2. The van der Waals surface area contributed by atoms with Crippen molar-refractivity contribution in [1.29, 1.82) is 0 Å². The van der Waals surface area contributed by atoms with Crippen LogP contribution in [0.5, 0.6) is 0 Å². The summed E-state index contributed by atoms with van der Waals surface area (Å²) in [5.41, 5.74) is 0.917. The van der Waals surface area contributed by atoms with Gasteiger partial charge in [0.15, 0.2) is 0 Å². The van der Waals surface area contributed by atoms with Crippen LogP contribution < -0.4 is 5.32 Å². The maximum atomic E-state index is 11.9. The fourth-order valence-corrected chi connectivity index (χ4v) is 2.50. The minimum absolute atomic E-state index is 0.202. The van der Waals surface area contributed by atoms with Crippen LogP contribution in [0.15, 0.2) is 54.6 Å². The van der Waals surface area contributed by atoms with Gasteiger partial charge in [0.2, 0.25) is 5.91 Å². The smallest absolute Gasteiger partial charge is 0.326 e. The van der Waals surface area contributed by atoms with E-state index in [4.69, 9.17) is 0 Å². The van der Waals surface area contributed by atoms with Gasteiger partial charge in [-0.3, -0.25) is 4.79 Å². The molecule has 0 saturated heterocycles. The molecule has 0 unspecified atom stereocenters. The van der Waals surface area contributed by atoms with Crippen LogP contribution in [0.25, 0.3) is 10.8 Å². The second kappa shape index (κ2) is 8.13. The lowest BCUT2D eigenvalue weighted by molar-refractivity contribution is -0.141. The number of benzene rings is 2. The number of aliphatic carboxylic acids is 1. The second-order valence-electron chi connectivity index (χ2n) is 5.38. The van der Waals surface area contributed by atoms with Crippen LogP contribution in [0, 0.1) is 0 Å².